The zero-order valence-electron chi connectivity index (χ0n) is 27.2. The molecule has 1 atom stereocenters. The fourth-order valence-corrected chi connectivity index (χ4v) is 6.77. The van der Waals surface area contributed by atoms with Gasteiger partial charge in [0.15, 0.2) is 0 Å². The summed E-state index contributed by atoms with van der Waals surface area (Å²) in [6.07, 6.45) is -4.77. The second-order valence-corrected chi connectivity index (χ2v) is 14.0. The number of methoxy groups -OCH3 is 1. The zero-order valence-corrected chi connectivity index (χ0v) is 28.7. The highest BCUT2D eigenvalue weighted by Gasteiger charge is 2.37. The average Bonchev–Trinajstić information content (AvgIpc) is 3.08. The maximum absolute atomic E-state index is 14.6. The van der Waals surface area contributed by atoms with Crippen molar-refractivity contribution in [1.29, 1.82) is 0 Å². The van der Waals surface area contributed by atoms with Gasteiger partial charge in [-0.15, -0.1) is 0 Å². The normalized spacial score (nSPS) is 12.3. The Hall–Kier alpha value is -4.55. The number of alkyl halides is 3. The van der Waals surface area contributed by atoms with Gasteiger partial charge in [0.25, 0.3) is 10.0 Å². The first kappa shape index (κ1) is 37.3. The average molecular weight is 716 g/mol. The minimum absolute atomic E-state index is 0.0657. The van der Waals surface area contributed by atoms with Gasteiger partial charge in [-0.2, -0.15) is 13.2 Å². The first-order valence-electron chi connectivity index (χ1n) is 15.4. The number of hydrogen-bond acceptors (Lipinski definition) is 5. The Morgan fingerprint density at radius 3 is 2.12 bits per heavy atom. The number of ether oxygens (including phenoxy) is 1. The molecule has 0 unspecified atom stereocenters. The van der Waals surface area contributed by atoms with Crippen LogP contribution in [0.25, 0.3) is 0 Å². The number of nitrogens with zero attached hydrogens (tertiary/aromatic N) is 2. The molecule has 0 aliphatic rings. The molecule has 1 N–H and O–H groups in total. The summed E-state index contributed by atoms with van der Waals surface area (Å²) in [6.45, 7) is 3.01. The summed E-state index contributed by atoms with van der Waals surface area (Å²) in [5.74, 6) is -0.768. The number of benzene rings is 4. The molecule has 0 saturated carbocycles. The van der Waals surface area contributed by atoms with E-state index in [0.717, 1.165) is 17.7 Å². The summed E-state index contributed by atoms with van der Waals surface area (Å²) in [5, 5.41) is 2.56. The van der Waals surface area contributed by atoms with Gasteiger partial charge in [-0.1, -0.05) is 86.1 Å². The van der Waals surface area contributed by atoms with Crippen molar-refractivity contribution in [2.45, 2.75) is 43.9 Å². The molecule has 4 rings (SSSR count). The minimum atomic E-state index is -4.83. The van der Waals surface area contributed by atoms with Crippen LogP contribution in [0.2, 0.25) is 5.02 Å². The number of carbonyl (C=O) groups excluding carboxylic acids is 2. The zero-order chi connectivity index (χ0) is 35.8. The van der Waals surface area contributed by atoms with Crippen LogP contribution in [-0.4, -0.2) is 51.4 Å². The molecule has 0 radical (unpaired) electrons. The van der Waals surface area contributed by atoms with Crippen molar-refractivity contribution < 1.29 is 35.9 Å². The summed E-state index contributed by atoms with van der Waals surface area (Å²) >= 11 is 6.38. The summed E-state index contributed by atoms with van der Waals surface area (Å²) in [5.41, 5.74) is -0.405. The summed E-state index contributed by atoms with van der Waals surface area (Å²) in [6, 6.07) is 23.9. The molecule has 4 aromatic rings. The third-order valence-electron chi connectivity index (χ3n) is 7.59. The van der Waals surface area contributed by atoms with Crippen LogP contribution in [0.15, 0.2) is 108 Å². The maximum atomic E-state index is 14.6. The molecule has 260 valence electrons. The van der Waals surface area contributed by atoms with Crippen molar-refractivity contribution in [2.24, 2.45) is 5.92 Å². The summed E-state index contributed by atoms with van der Waals surface area (Å²) in [7, 11) is -3.19. The number of anilines is 1. The number of nitrogens with one attached hydrogen (secondary N) is 1. The lowest BCUT2D eigenvalue weighted by Crippen LogP contribution is -2.53. The predicted molar refractivity (Wildman–Crippen MR) is 183 cm³/mol. The Kier molecular flexibility index (Phi) is 12.3. The van der Waals surface area contributed by atoms with E-state index in [1.807, 2.05) is 19.9 Å². The molecule has 0 heterocycles. The van der Waals surface area contributed by atoms with Crippen LogP contribution >= 0.6 is 11.6 Å². The molecular formula is C36H37ClF3N3O5S. The standard InChI is InChI=1S/C36H37ClF3N3O5S/c1-25(2)22-41-35(45)33(20-26-11-6-4-7-12-26)42(23-27-13-10-14-29(19-27)48-3)34(44)24-43(49(46,47)30-15-8-5-9-16-30)32-21-28(36(38,39)40)17-18-31(32)37/h4-19,21,25,33H,20,22-24H2,1-3H3,(H,41,45)/t33-/m0/s1. The molecule has 13 heteroatoms. The van der Waals surface area contributed by atoms with Gasteiger partial charge in [0, 0.05) is 19.5 Å². The highest BCUT2D eigenvalue weighted by Crippen LogP contribution is 2.37. The van der Waals surface area contributed by atoms with E-state index in [4.69, 9.17) is 16.3 Å². The Bertz CT molecular complexity index is 1840. The molecule has 49 heavy (non-hydrogen) atoms. The van der Waals surface area contributed by atoms with Gasteiger partial charge in [0.1, 0.15) is 18.3 Å². The van der Waals surface area contributed by atoms with Crippen molar-refractivity contribution in [2.75, 3.05) is 24.5 Å². The Balaban J connectivity index is 1.87. The highest BCUT2D eigenvalue weighted by molar-refractivity contribution is 7.92. The van der Waals surface area contributed by atoms with Crippen molar-refractivity contribution in [1.82, 2.24) is 10.2 Å². The molecule has 4 aromatic carbocycles. The molecule has 0 bridgehead atoms. The fourth-order valence-electron chi connectivity index (χ4n) is 5.06. The lowest BCUT2D eigenvalue weighted by atomic mass is 10.0. The fraction of sp³-hybridized carbons (Fsp3) is 0.278. The number of halogens is 4. The van der Waals surface area contributed by atoms with E-state index < -0.39 is 51.9 Å². The topological polar surface area (TPSA) is 96.0 Å². The van der Waals surface area contributed by atoms with E-state index in [0.29, 0.717) is 28.2 Å². The Morgan fingerprint density at radius 1 is 0.878 bits per heavy atom. The number of sulfonamides is 1. The van der Waals surface area contributed by atoms with Crippen molar-refractivity contribution >= 4 is 39.1 Å². The summed E-state index contributed by atoms with van der Waals surface area (Å²) < 4.78 is 75.8. The number of rotatable bonds is 14. The lowest BCUT2D eigenvalue weighted by molar-refractivity contribution is -0.140. The number of hydrogen-bond donors (Lipinski definition) is 1. The second kappa shape index (κ2) is 16.2. The maximum Gasteiger partial charge on any atom is 0.416 e. The van der Waals surface area contributed by atoms with E-state index in [-0.39, 0.29) is 28.8 Å². The van der Waals surface area contributed by atoms with Gasteiger partial charge in [-0.05, 0) is 59.5 Å². The van der Waals surface area contributed by atoms with Crippen LogP contribution in [0.5, 0.6) is 5.75 Å². The first-order valence-corrected chi connectivity index (χ1v) is 17.2. The molecule has 0 fully saturated rings. The van der Waals surface area contributed by atoms with Crippen molar-refractivity contribution in [3.63, 3.8) is 0 Å². The molecule has 0 saturated heterocycles. The quantitative estimate of drug-likeness (QED) is 0.152. The predicted octanol–water partition coefficient (Wildman–Crippen LogP) is 6.98. The van der Waals surface area contributed by atoms with E-state index in [9.17, 15) is 31.2 Å². The van der Waals surface area contributed by atoms with Crippen LogP contribution in [0.3, 0.4) is 0 Å². The third kappa shape index (κ3) is 9.76. The number of amides is 2. The highest BCUT2D eigenvalue weighted by atomic mass is 35.5. The Morgan fingerprint density at radius 2 is 1.51 bits per heavy atom. The molecule has 8 nitrogen and oxygen atoms in total. The van der Waals surface area contributed by atoms with Gasteiger partial charge >= 0.3 is 6.18 Å². The Labute approximate surface area is 289 Å². The SMILES string of the molecule is COc1cccc(CN(C(=O)CN(c2cc(C(F)(F)F)ccc2Cl)S(=O)(=O)c2ccccc2)[C@@H](Cc2ccccc2)C(=O)NCC(C)C)c1. The number of carbonyl (C=O) groups is 2. The van der Waals surface area contributed by atoms with E-state index in [1.165, 1.54) is 36.3 Å². The van der Waals surface area contributed by atoms with E-state index in [1.54, 1.807) is 54.6 Å². The van der Waals surface area contributed by atoms with Gasteiger partial charge < -0.3 is 15.0 Å². The minimum Gasteiger partial charge on any atom is -0.497 e. The van der Waals surface area contributed by atoms with Crippen molar-refractivity contribution in [3.8, 4) is 5.75 Å². The molecule has 2 amide bonds. The lowest BCUT2D eigenvalue weighted by Gasteiger charge is -2.34. The summed E-state index contributed by atoms with van der Waals surface area (Å²) in [4.78, 5) is 29.4. The van der Waals surface area contributed by atoms with Gasteiger partial charge in [0.2, 0.25) is 11.8 Å². The monoisotopic (exact) mass is 715 g/mol. The third-order valence-corrected chi connectivity index (χ3v) is 9.69. The van der Waals surface area contributed by atoms with Gasteiger partial charge in [-0.3, -0.25) is 13.9 Å². The van der Waals surface area contributed by atoms with Crippen LogP contribution in [-0.2, 0) is 38.8 Å². The van der Waals surface area contributed by atoms with Crippen molar-refractivity contribution in [3.05, 3.63) is 125 Å². The largest absolute Gasteiger partial charge is 0.497 e. The van der Waals surface area contributed by atoms with Gasteiger partial charge in [0.05, 0.1) is 28.3 Å². The first-order chi connectivity index (χ1) is 23.2. The molecular weight excluding hydrogens is 679 g/mol. The van der Waals surface area contributed by atoms with E-state index in [2.05, 4.69) is 5.32 Å². The van der Waals surface area contributed by atoms with Gasteiger partial charge in [-0.25, -0.2) is 8.42 Å². The van der Waals surface area contributed by atoms with Crippen LogP contribution in [0.1, 0.15) is 30.5 Å². The van der Waals surface area contributed by atoms with Crippen LogP contribution in [0, 0.1) is 5.92 Å². The van der Waals surface area contributed by atoms with Crippen LogP contribution in [0.4, 0.5) is 18.9 Å². The molecule has 0 spiro atoms. The molecule has 0 aliphatic carbocycles. The van der Waals surface area contributed by atoms with E-state index >= 15 is 0 Å². The molecule has 0 aromatic heterocycles. The molecule has 0 aliphatic heterocycles. The smallest absolute Gasteiger partial charge is 0.416 e. The van der Waals surface area contributed by atoms with Crippen LogP contribution < -0.4 is 14.4 Å². The second-order valence-electron chi connectivity index (χ2n) is 11.7.